The van der Waals surface area contributed by atoms with Crippen molar-refractivity contribution >= 4 is 29.1 Å². The predicted octanol–water partition coefficient (Wildman–Crippen LogP) is 2.97. The van der Waals surface area contributed by atoms with Crippen LogP contribution in [0.15, 0.2) is 18.2 Å². The first-order valence-corrected chi connectivity index (χ1v) is 3.99. The van der Waals surface area contributed by atoms with E-state index in [0.29, 0.717) is 15.6 Å². The molecule has 1 rings (SSSR count). The quantitative estimate of drug-likeness (QED) is 0.553. The van der Waals surface area contributed by atoms with Crippen molar-refractivity contribution < 1.29 is 4.74 Å². The average molecular weight is 204 g/mol. The van der Waals surface area contributed by atoms with E-state index in [4.69, 9.17) is 33.3 Å². The molecule has 0 aliphatic rings. The van der Waals surface area contributed by atoms with Crippen molar-refractivity contribution in [2.75, 3.05) is 7.11 Å². The van der Waals surface area contributed by atoms with Gasteiger partial charge in [-0.2, -0.15) is 0 Å². The third-order valence-corrected chi connectivity index (χ3v) is 2.22. The van der Waals surface area contributed by atoms with E-state index in [-0.39, 0.29) is 5.90 Å². The third kappa shape index (κ3) is 1.71. The Hall–Kier alpha value is -0.730. The fourth-order valence-corrected chi connectivity index (χ4v) is 1.18. The van der Waals surface area contributed by atoms with Crippen LogP contribution in [0.2, 0.25) is 10.0 Å². The smallest absolute Gasteiger partial charge is 0.214 e. The Kier molecular flexibility index (Phi) is 2.95. The number of nitrogens with one attached hydrogen (secondary N) is 1. The maximum Gasteiger partial charge on any atom is 0.214 e. The first-order valence-electron chi connectivity index (χ1n) is 3.23. The van der Waals surface area contributed by atoms with Gasteiger partial charge in [0.1, 0.15) is 0 Å². The average Bonchev–Trinajstić information content (AvgIpc) is 2.08. The van der Waals surface area contributed by atoms with Crippen LogP contribution in [0.4, 0.5) is 0 Å². The summed E-state index contributed by atoms with van der Waals surface area (Å²) >= 11 is 11.5. The van der Waals surface area contributed by atoms with Crippen LogP contribution in [0.3, 0.4) is 0 Å². The molecule has 12 heavy (non-hydrogen) atoms. The van der Waals surface area contributed by atoms with Crippen LogP contribution in [0.25, 0.3) is 0 Å². The van der Waals surface area contributed by atoms with E-state index in [1.807, 2.05) is 0 Å². The summed E-state index contributed by atoms with van der Waals surface area (Å²) in [7, 11) is 1.42. The molecule has 0 fully saturated rings. The zero-order valence-electron chi connectivity index (χ0n) is 6.40. The van der Waals surface area contributed by atoms with Gasteiger partial charge in [0.15, 0.2) is 0 Å². The largest absolute Gasteiger partial charge is 0.481 e. The lowest BCUT2D eigenvalue weighted by atomic mass is 10.2. The number of rotatable bonds is 1. The van der Waals surface area contributed by atoms with Gasteiger partial charge in [-0.25, -0.2) is 0 Å². The molecule has 0 heterocycles. The van der Waals surface area contributed by atoms with E-state index in [9.17, 15) is 0 Å². The third-order valence-electron chi connectivity index (χ3n) is 1.40. The number of methoxy groups -OCH3 is 1. The van der Waals surface area contributed by atoms with Crippen LogP contribution in [0, 0.1) is 5.41 Å². The summed E-state index contributed by atoms with van der Waals surface area (Å²) in [6, 6.07) is 5.06. The highest BCUT2D eigenvalue weighted by atomic mass is 35.5. The number of hydrogen-bond donors (Lipinski definition) is 1. The highest BCUT2D eigenvalue weighted by Crippen LogP contribution is 2.25. The van der Waals surface area contributed by atoms with Crippen molar-refractivity contribution in [2.45, 2.75) is 0 Å². The molecule has 0 aliphatic carbocycles. The minimum atomic E-state index is 0.0162. The molecule has 0 aliphatic heterocycles. The molecule has 0 amide bonds. The molecule has 0 radical (unpaired) electrons. The summed E-state index contributed by atoms with van der Waals surface area (Å²) in [5.74, 6) is 0.0162. The molecular weight excluding hydrogens is 197 g/mol. The van der Waals surface area contributed by atoms with Gasteiger partial charge >= 0.3 is 0 Å². The van der Waals surface area contributed by atoms with Crippen LogP contribution in [-0.4, -0.2) is 13.0 Å². The van der Waals surface area contributed by atoms with Gasteiger partial charge in [-0.1, -0.05) is 29.3 Å². The summed E-state index contributed by atoms with van der Waals surface area (Å²) in [6.45, 7) is 0. The van der Waals surface area contributed by atoms with Gasteiger partial charge in [0.2, 0.25) is 5.90 Å². The van der Waals surface area contributed by atoms with Gasteiger partial charge < -0.3 is 4.74 Å². The maximum atomic E-state index is 7.35. The molecule has 1 N–H and O–H groups in total. The molecule has 2 nitrogen and oxygen atoms in total. The first kappa shape index (κ1) is 9.36. The Morgan fingerprint density at radius 1 is 1.42 bits per heavy atom. The van der Waals surface area contributed by atoms with E-state index in [1.165, 1.54) is 7.11 Å². The number of ether oxygens (including phenoxy) is 1. The molecule has 0 saturated carbocycles. The van der Waals surface area contributed by atoms with Gasteiger partial charge in [0.25, 0.3) is 0 Å². The van der Waals surface area contributed by atoms with Crippen molar-refractivity contribution in [1.82, 2.24) is 0 Å². The van der Waals surface area contributed by atoms with Gasteiger partial charge in [-0.3, -0.25) is 5.41 Å². The van der Waals surface area contributed by atoms with Crippen LogP contribution >= 0.6 is 23.2 Å². The van der Waals surface area contributed by atoms with E-state index >= 15 is 0 Å². The van der Waals surface area contributed by atoms with Gasteiger partial charge in [0, 0.05) is 0 Å². The van der Waals surface area contributed by atoms with Crippen molar-refractivity contribution in [3.05, 3.63) is 33.8 Å². The topological polar surface area (TPSA) is 33.1 Å². The lowest BCUT2D eigenvalue weighted by molar-refractivity contribution is 0.401. The second-order valence-corrected chi connectivity index (χ2v) is 2.92. The van der Waals surface area contributed by atoms with Crippen molar-refractivity contribution in [2.24, 2.45) is 0 Å². The normalized spacial score (nSPS) is 9.58. The van der Waals surface area contributed by atoms with Gasteiger partial charge in [-0.05, 0) is 12.1 Å². The molecule has 0 atom stereocenters. The Balaban J connectivity index is 3.16. The Morgan fingerprint density at radius 2 is 2.08 bits per heavy atom. The molecular formula is C8H7Cl2NO. The molecule has 0 bridgehead atoms. The lowest BCUT2D eigenvalue weighted by Gasteiger charge is -2.04. The van der Waals surface area contributed by atoms with E-state index in [0.717, 1.165) is 0 Å². The number of benzene rings is 1. The molecule has 0 unspecified atom stereocenters. The summed E-state index contributed by atoms with van der Waals surface area (Å²) < 4.78 is 4.71. The predicted molar refractivity (Wildman–Crippen MR) is 50.3 cm³/mol. The number of halogens is 2. The standard InChI is InChI=1S/C8H7Cl2NO/c1-12-8(11)5-3-2-4-6(9)7(5)10/h2-4,11H,1H3. The first-order chi connectivity index (χ1) is 5.66. The summed E-state index contributed by atoms with van der Waals surface area (Å²) in [4.78, 5) is 0. The van der Waals surface area contributed by atoms with Crippen molar-refractivity contribution in [1.29, 1.82) is 5.41 Å². The minimum absolute atomic E-state index is 0.0162. The molecule has 0 saturated heterocycles. The van der Waals surface area contributed by atoms with E-state index in [1.54, 1.807) is 18.2 Å². The Labute approximate surface area is 80.6 Å². The lowest BCUT2D eigenvalue weighted by Crippen LogP contribution is -2.01. The molecule has 1 aromatic carbocycles. The summed E-state index contributed by atoms with van der Waals surface area (Å²) in [5, 5.41) is 8.13. The SMILES string of the molecule is COC(=N)c1cccc(Cl)c1Cl. The Morgan fingerprint density at radius 3 is 2.67 bits per heavy atom. The van der Waals surface area contributed by atoms with E-state index < -0.39 is 0 Å². The number of hydrogen-bond acceptors (Lipinski definition) is 2. The van der Waals surface area contributed by atoms with Crippen LogP contribution in [0.1, 0.15) is 5.56 Å². The fraction of sp³-hybridized carbons (Fsp3) is 0.125. The Bertz CT molecular complexity index is 312. The molecule has 0 spiro atoms. The minimum Gasteiger partial charge on any atom is -0.481 e. The molecule has 1 aromatic rings. The summed E-state index contributed by atoms with van der Waals surface area (Å²) in [6.07, 6.45) is 0. The van der Waals surface area contributed by atoms with E-state index in [2.05, 4.69) is 0 Å². The zero-order valence-corrected chi connectivity index (χ0v) is 7.91. The van der Waals surface area contributed by atoms with Gasteiger partial charge in [0.05, 0.1) is 22.7 Å². The monoisotopic (exact) mass is 203 g/mol. The molecule has 64 valence electrons. The molecule has 0 aromatic heterocycles. The van der Waals surface area contributed by atoms with Gasteiger partial charge in [-0.15, -0.1) is 0 Å². The highest BCUT2D eigenvalue weighted by molar-refractivity contribution is 6.43. The van der Waals surface area contributed by atoms with Crippen LogP contribution in [0.5, 0.6) is 0 Å². The highest BCUT2D eigenvalue weighted by Gasteiger charge is 2.08. The fourth-order valence-electron chi connectivity index (χ4n) is 0.789. The van der Waals surface area contributed by atoms with Crippen molar-refractivity contribution in [3.8, 4) is 0 Å². The second-order valence-electron chi connectivity index (χ2n) is 2.13. The van der Waals surface area contributed by atoms with Crippen molar-refractivity contribution in [3.63, 3.8) is 0 Å². The maximum absolute atomic E-state index is 7.35. The molecule has 4 heteroatoms. The van der Waals surface area contributed by atoms with Crippen LogP contribution < -0.4 is 0 Å². The van der Waals surface area contributed by atoms with Crippen LogP contribution in [-0.2, 0) is 4.74 Å². The second kappa shape index (κ2) is 3.78. The summed E-state index contributed by atoms with van der Waals surface area (Å²) in [5.41, 5.74) is 0.506. The zero-order chi connectivity index (χ0) is 9.14.